The molecule has 1 rings (SSSR count). The monoisotopic (exact) mass is 609 g/mol. The van der Waals surface area contributed by atoms with Crippen LogP contribution in [0, 0.1) is 5.92 Å². The molecule has 0 fully saturated rings. The minimum atomic E-state index is -0.116. The molecule has 203 valence electrons. The molecule has 9 heteroatoms. The third kappa shape index (κ3) is 25.2. The van der Waals surface area contributed by atoms with E-state index in [1.54, 1.807) is 0 Å². The van der Waals surface area contributed by atoms with Gasteiger partial charge in [0.1, 0.15) is 0 Å². The van der Waals surface area contributed by atoms with Crippen molar-refractivity contribution in [1.29, 1.82) is 0 Å². The summed E-state index contributed by atoms with van der Waals surface area (Å²) in [4.78, 5) is 14.5. The number of amides is 1. The summed E-state index contributed by atoms with van der Waals surface area (Å²) in [6, 6.07) is 7.74. The minimum absolute atomic E-state index is 0. The Morgan fingerprint density at radius 2 is 1.54 bits per heavy atom. The molecular formula is C26H48N4O2S2Tc. The largest absolute Gasteiger partial charge is 0.813 e. The molecule has 0 aliphatic carbocycles. The fourth-order valence-corrected chi connectivity index (χ4v) is 2.67. The molecule has 0 bridgehead atoms. The van der Waals surface area contributed by atoms with Crippen LogP contribution in [0.25, 0.3) is 10.6 Å². The summed E-state index contributed by atoms with van der Waals surface area (Å²) < 4.78 is 8.30. The third-order valence-electron chi connectivity index (χ3n) is 4.50. The summed E-state index contributed by atoms with van der Waals surface area (Å²) in [7, 11) is 0. The van der Waals surface area contributed by atoms with Gasteiger partial charge in [-0.3, -0.25) is 4.79 Å². The van der Waals surface area contributed by atoms with Gasteiger partial charge in [0.15, 0.2) is 0 Å². The van der Waals surface area contributed by atoms with Crippen molar-refractivity contribution in [2.24, 2.45) is 5.92 Å². The maximum atomic E-state index is 12.2. The van der Waals surface area contributed by atoms with Gasteiger partial charge in [-0.2, -0.15) is 11.3 Å². The van der Waals surface area contributed by atoms with Crippen molar-refractivity contribution >= 4 is 32.0 Å². The first-order chi connectivity index (χ1) is 15.8. The Hall–Kier alpha value is -0.281. The van der Waals surface area contributed by atoms with Crippen LogP contribution in [0.1, 0.15) is 78.2 Å². The Morgan fingerprint density at radius 3 is 1.97 bits per heavy atom. The number of hydrogen-bond acceptors (Lipinski definition) is 5. The number of carbonyl (C=O) groups excluding carboxylic acids is 1. The van der Waals surface area contributed by atoms with Crippen molar-refractivity contribution in [3.63, 3.8) is 0 Å². The predicted molar refractivity (Wildman–Crippen MR) is 152 cm³/mol. The number of hydrogen-bond donors (Lipinski definition) is 1. The number of thiol groups is 1. The molecule has 0 atom stereocenters. The van der Waals surface area contributed by atoms with E-state index in [9.17, 15) is 4.79 Å². The van der Waals surface area contributed by atoms with E-state index in [0.717, 1.165) is 50.6 Å². The predicted octanol–water partition coefficient (Wildman–Crippen LogP) is 5.38. The Labute approximate surface area is 238 Å². The van der Waals surface area contributed by atoms with Gasteiger partial charge in [0.2, 0.25) is 0 Å². The fourth-order valence-electron chi connectivity index (χ4n) is 2.67. The van der Waals surface area contributed by atoms with Gasteiger partial charge in [-0.25, -0.2) is 0 Å². The second kappa shape index (κ2) is 21.8. The molecule has 0 heterocycles. The van der Waals surface area contributed by atoms with E-state index in [2.05, 4.69) is 57.1 Å². The van der Waals surface area contributed by atoms with Crippen LogP contribution < -0.4 is 5.32 Å². The van der Waals surface area contributed by atoms with Crippen molar-refractivity contribution in [2.45, 2.75) is 79.1 Å². The standard InChI is InChI=1S/C22H38N4O.C4H10S.O.H2S.Tc/c1-7-26(8-2)14-13-24-21(27)20-11-9-19(10-12-20)16-23-17-22(5,6)25-15-18(3)4;1-4(2,3)5;;;/h9-12,18H,7-8,13-17H2,1-6H3,(H,24,27);5H,1-3H3;;1H2;/q-2;;;;+4/p-2. The van der Waals surface area contributed by atoms with E-state index in [1.165, 1.54) is 0 Å². The Balaban J connectivity index is -0.00000113. The smallest absolute Gasteiger partial charge is 0.813 e. The Bertz CT molecular complexity index is 644. The molecule has 35 heavy (non-hydrogen) atoms. The van der Waals surface area contributed by atoms with E-state index in [0.29, 0.717) is 31.1 Å². The molecule has 0 saturated carbocycles. The topological polar surface area (TPSA) is 77.6 Å². The third-order valence-corrected chi connectivity index (χ3v) is 4.50. The van der Waals surface area contributed by atoms with Crippen LogP contribution in [0.2, 0.25) is 0 Å². The first kappa shape index (κ1) is 39.2. The van der Waals surface area contributed by atoms with Gasteiger partial charge in [0.25, 0.3) is 5.91 Å². The SMILES string of the molecule is CC(C)(C)[S-].CCN(CC)CCNC(=O)c1ccc(C[N-]CC(C)(C)[N-]CC(C)C)cc1.[O]=[Tc+4].[SH-]. The minimum Gasteiger partial charge on any atom is -0.813 e. The van der Waals surface area contributed by atoms with Crippen molar-refractivity contribution in [3.8, 4) is 0 Å². The summed E-state index contributed by atoms with van der Waals surface area (Å²) >= 11 is 5.73. The van der Waals surface area contributed by atoms with Gasteiger partial charge >= 0.3 is 22.4 Å². The number of nitrogens with zero attached hydrogens (tertiary/aromatic N) is 3. The molecule has 0 radical (unpaired) electrons. The summed E-state index contributed by atoms with van der Waals surface area (Å²) in [5.41, 5.74) is 1.70. The number of rotatable bonds is 13. The molecule has 0 spiro atoms. The zero-order valence-corrected chi connectivity index (χ0v) is 26.8. The van der Waals surface area contributed by atoms with Gasteiger partial charge in [-0.1, -0.05) is 85.9 Å². The van der Waals surface area contributed by atoms with Crippen molar-refractivity contribution in [1.82, 2.24) is 10.2 Å². The van der Waals surface area contributed by atoms with Crippen LogP contribution in [0.4, 0.5) is 0 Å². The van der Waals surface area contributed by atoms with Crippen LogP contribution in [0.15, 0.2) is 24.3 Å². The molecule has 0 saturated heterocycles. The molecule has 1 amide bonds. The summed E-state index contributed by atoms with van der Waals surface area (Å²) in [5.74, 6) is 0.564. The first-order valence-corrected chi connectivity index (χ1v) is 13.2. The average Bonchev–Trinajstić information content (AvgIpc) is 2.76. The fraction of sp³-hybridized carbons (Fsp3) is 0.731. The molecule has 0 aromatic heterocycles. The maximum absolute atomic E-state index is 12.2. The van der Waals surface area contributed by atoms with Gasteiger partial charge in [0, 0.05) is 18.7 Å². The van der Waals surface area contributed by atoms with Crippen LogP contribution >= 0.6 is 0 Å². The van der Waals surface area contributed by atoms with Crippen molar-refractivity contribution < 1.29 is 27.2 Å². The van der Waals surface area contributed by atoms with Gasteiger partial charge < -0.3 is 47.0 Å². The second-order valence-corrected chi connectivity index (χ2v) is 11.4. The second-order valence-electron chi connectivity index (χ2n) is 10.2. The zero-order valence-electron chi connectivity index (χ0n) is 23.2. The van der Waals surface area contributed by atoms with Crippen molar-refractivity contribution in [2.75, 3.05) is 39.3 Å². The quantitative estimate of drug-likeness (QED) is 0.240. The Kier molecular flexibility index (Phi) is 24.4. The van der Waals surface area contributed by atoms with Crippen LogP contribution in [-0.4, -0.2) is 60.4 Å². The normalized spacial score (nSPS) is 11.1. The summed E-state index contributed by atoms with van der Waals surface area (Å²) in [5, 5.41) is 12.4. The van der Waals surface area contributed by atoms with Crippen molar-refractivity contribution in [3.05, 3.63) is 46.0 Å². The van der Waals surface area contributed by atoms with Gasteiger partial charge in [-0.15, -0.1) is 18.6 Å². The van der Waals surface area contributed by atoms with E-state index >= 15 is 0 Å². The number of benzene rings is 1. The molecule has 0 aliphatic rings. The van der Waals surface area contributed by atoms with Crippen LogP contribution in [0.5, 0.6) is 0 Å². The van der Waals surface area contributed by atoms with Crippen LogP contribution in [0.3, 0.4) is 0 Å². The summed E-state index contributed by atoms with van der Waals surface area (Å²) in [6.45, 7) is 24.7. The van der Waals surface area contributed by atoms with E-state index in [-0.39, 0.29) is 29.7 Å². The first-order valence-electron chi connectivity index (χ1n) is 12.0. The maximum Gasteiger partial charge on any atom is -0.813 e. The van der Waals surface area contributed by atoms with E-state index in [4.69, 9.17) is 21.4 Å². The molecular weight excluding hydrogens is 562 g/mol. The molecule has 0 aliphatic heterocycles. The summed E-state index contributed by atoms with van der Waals surface area (Å²) in [6.07, 6.45) is 0. The molecule has 1 N–H and O–H groups in total. The molecule has 6 nitrogen and oxygen atoms in total. The van der Waals surface area contributed by atoms with Gasteiger partial charge in [-0.05, 0) is 25.2 Å². The average molecular weight is 611 g/mol. The number of carbonyl (C=O) groups is 1. The Morgan fingerprint density at radius 1 is 1.06 bits per heavy atom. The molecule has 0 unspecified atom stereocenters. The van der Waals surface area contributed by atoms with E-state index in [1.807, 2.05) is 45.0 Å². The molecule has 1 aromatic carbocycles. The van der Waals surface area contributed by atoms with Gasteiger partial charge in [0.05, 0.1) is 0 Å². The number of nitrogens with one attached hydrogen (secondary N) is 1. The zero-order chi connectivity index (χ0) is 26.8. The van der Waals surface area contributed by atoms with E-state index < -0.39 is 0 Å². The van der Waals surface area contributed by atoms with Crippen LogP contribution in [-0.2, 0) is 55.0 Å². The molecule has 1 aromatic rings. The number of likely N-dealkylation sites (N-methyl/N-ethyl adjacent to an activating group) is 1.